The molecule has 0 radical (unpaired) electrons. The fourth-order valence-corrected chi connectivity index (χ4v) is 1.44. The van der Waals surface area contributed by atoms with Gasteiger partial charge in [-0.1, -0.05) is 0 Å². The predicted octanol–water partition coefficient (Wildman–Crippen LogP) is 2.31. The van der Waals surface area contributed by atoms with Crippen molar-refractivity contribution >= 4 is 32.2 Å². The molecule has 0 saturated heterocycles. The molecule has 0 spiro atoms. The van der Waals surface area contributed by atoms with Crippen molar-refractivity contribution in [3.05, 3.63) is 38.9 Å². The molecule has 3 nitrogen and oxygen atoms in total. The number of nitro benzene ring substituents is 1. The molecular formula is C9H6ClNO2Se. The minimum atomic E-state index is -0.460. The Labute approximate surface area is 92.8 Å². The molecule has 0 atom stereocenters. The van der Waals surface area contributed by atoms with Crippen LogP contribution in [0.3, 0.4) is 0 Å². The van der Waals surface area contributed by atoms with Crippen molar-refractivity contribution in [1.29, 1.82) is 0 Å². The van der Waals surface area contributed by atoms with Gasteiger partial charge in [-0.25, -0.2) is 0 Å². The number of nitrogens with zero attached hydrogens (tertiary/aromatic N) is 1. The average molecular weight is 275 g/mol. The Morgan fingerprint density at radius 3 is 2.86 bits per heavy atom. The van der Waals surface area contributed by atoms with Gasteiger partial charge in [0.25, 0.3) is 0 Å². The Kier molecular flexibility index (Phi) is 3.97. The first-order chi connectivity index (χ1) is 6.65. The van der Waals surface area contributed by atoms with Crippen LogP contribution in [-0.4, -0.2) is 19.9 Å². The average Bonchev–Trinajstić information content (AvgIpc) is 2.16. The monoisotopic (exact) mass is 275 g/mol. The first kappa shape index (κ1) is 11.1. The molecule has 0 aliphatic carbocycles. The summed E-state index contributed by atoms with van der Waals surface area (Å²) < 4.78 is 0. The SMILES string of the molecule is C[Se]C#Cc1cc([N+](=O)[O-])ccc1Cl. The summed E-state index contributed by atoms with van der Waals surface area (Å²) in [6, 6.07) is 4.25. The van der Waals surface area contributed by atoms with E-state index in [-0.39, 0.29) is 20.6 Å². The van der Waals surface area contributed by atoms with Crippen LogP contribution in [0.5, 0.6) is 0 Å². The van der Waals surface area contributed by atoms with E-state index in [0.717, 1.165) is 0 Å². The molecule has 14 heavy (non-hydrogen) atoms. The molecule has 0 aromatic heterocycles. The molecule has 5 heteroatoms. The van der Waals surface area contributed by atoms with E-state index in [4.69, 9.17) is 11.6 Å². The van der Waals surface area contributed by atoms with Crippen LogP contribution in [0.25, 0.3) is 0 Å². The number of halogens is 1. The zero-order chi connectivity index (χ0) is 10.6. The van der Waals surface area contributed by atoms with Crippen LogP contribution in [0.1, 0.15) is 5.56 Å². The van der Waals surface area contributed by atoms with Gasteiger partial charge in [0.15, 0.2) is 0 Å². The molecule has 0 fully saturated rings. The van der Waals surface area contributed by atoms with E-state index >= 15 is 0 Å². The van der Waals surface area contributed by atoms with Gasteiger partial charge >= 0.3 is 92.6 Å². The topological polar surface area (TPSA) is 43.1 Å². The van der Waals surface area contributed by atoms with E-state index in [0.29, 0.717) is 10.6 Å². The summed E-state index contributed by atoms with van der Waals surface area (Å²) in [5.74, 6) is 4.76. The number of benzene rings is 1. The van der Waals surface area contributed by atoms with Gasteiger partial charge in [0.1, 0.15) is 0 Å². The van der Waals surface area contributed by atoms with Gasteiger partial charge < -0.3 is 0 Å². The summed E-state index contributed by atoms with van der Waals surface area (Å²) in [4.78, 5) is 12.9. The molecule has 72 valence electrons. The number of hydrogen-bond donors (Lipinski definition) is 0. The fourth-order valence-electron chi connectivity index (χ4n) is 0.829. The minimum absolute atomic E-state index is 0.0160. The third kappa shape index (κ3) is 2.74. The van der Waals surface area contributed by atoms with E-state index in [2.05, 4.69) is 10.7 Å². The summed E-state index contributed by atoms with van der Waals surface area (Å²) >= 11 is 6.03. The normalized spacial score (nSPS) is 9.00. The second-order valence-electron chi connectivity index (χ2n) is 2.35. The van der Waals surface area contributed by atoms with Gasteiger partial charge in [-0.05, 0) is 0 Å². The van der Waals surface area contributed by atoms with E-state index < -0.39 is 4.92 Å². The molecule has 0 aliphatic heterocycles. The molecule has 1 aromatic rings. The molecule has 0 N–H and O–H groups in total. The Hall–Kier alpha value is -1.01. The third-order valence-electron chi connectivity index (χ3n) is 1.45. The van der Waals surface area contributed by atoms with Crippen molar-refractivity contribution in [2.24, 2.45) is 0 Å². The van der Waals surface area contributed by atoms with Crippen LogP contribution in [-0.2, 0) is 0 Å². The Morgan fingerprint density at radius 2 is 2.29 bits per heavy atom. The zero-order valence-electron chi connectivity index (χ0n) is 7.28. The molecule has 0 saturated carbocycles. The summed E-state index contributed by atoms with van der Waals surface area (Å²) in [6.45, 7) is 0. The second kappa shape index (κ2) is 5.02. The van der Waals surface area contributed by atoms with Gasteiger partial charge in [0, 0.05) is 0 Å². The van der Waals surface area contributed by atoms with E-state index in [1.807, 2.05) is 5.82 Å². The van der Waals surface area contributed by atoms with Crippen LogP contribution in [0.4, 0.5) is 5.69 Å². The van der Waals surface area contributed by atoms with Gasteiger partial charge in [-0.2, -0.15) is 0 Å². The quantitative estimate of drug-likeness (QED) is 0.341. The first-order valence-corrected chi connectivity index (χ1v) is 6.58. The van der Waals surface area contributed by atoms with Crippen molar-refractivity contribution in [3.63, 3.8) is 0 Å². The molecule has 0 amide bonds. The van der Waals surface area contributed by atoms with E-state index in [1.165, 1.54) is 18.2 Å². The molecule has 0 aliphatic rings. The summed E-state index contributed by atoms with van der Waals surface area (Å²) in [7, 11) is 0. The van der Waals surface area contributed by atoms with Crippen LogP contribution in [0.2, 0.25) is 10.8 Å². The molecule has 0 bridgehead atoms. The Balaban J connectivity index is 3.14. The second-order valence-corrected chi connectivity index (χ2v) is 4.04. The number of hydrogen-bond acceptors (Lipinski definition) is 2. The maximum atomic E-state index is 10.5. The van der Waals surface area contributed by atoms with Crippen LogP contribution in [0, 0.1) is 20.9 Å². The van der Waals surface area contributed by atoms with E-state index in [1.54, 1.807) is 0 Å². The zero-order valence-corrected chi connectivity index (χ0v) is 9.75. The number of nitro groups is 1. The van der Waals surface area contributed by atoms with Crippen molar-refractivity contribution in [2.75, 3.05) is 0 Å². The maximum absolute atomic E-state index is 10.5. The van der Waals surface area contributed by atoms with Gasteiger partial charge in [-0.3, -0.25) is 0 Å². The van der Waals surface area contributed by atoms with Crippen LogP contribution >= 0.6 is 11.6 Å². The summed E-state index contributed by atoms with van der Waals surface area (Å²) in [5, 5.41) is 10.9. The van der Waals surface area contributed by atoms with Gasteiger partial charge in [0.05, 0.1) is 0 Å². The summed E-state index contributed by atoms with van der Waals surface area (Å²) in [6.07, 6.45) is 0. The van der Waals surface area contributed by atoms with Crippen molar-refractivity contribution < 1.29 is 4.92 Å². The third-order valence-corrected chi connectivity index (χ3v) is 2.42. The van der Waals surface area contributed by atoms with Crippen molar-refractivity contribution in [1.82, 2.24) is 0 Å². The molecular weight excluding hydrogens is 269 g/mol. The first-order valence-electron chi connectivity index (χ1n) is 3.63. The number of rotatable bonds is 1. The number of non-ortho nitro benzene ring substituents is 1. The van der Waals surface area contributed by atoms with Crippen molar-refractivity contribution in [2.45, 2.75) is 5.82 Å². The van der Waals surface area contributed by atoms with Gasteiger partial charge in [0.2, 0.25) is 0 Å². The summed E-state index contributed by atoms with van der Waals surface area (Å²) in [5.41, 5.74) is 0.534. The molecule has 0 unspecified atom stereocenters. The predicted molar refractivity (Wildman–Crippen MR) is 56.6 cm³/mol. The Bertz CT molecular complexity index is 423. The fraction of sp³-hybridized carbons (Fsp3) is 0.111. The van der Waals surface area contributed by atoms with E-state index in [9.17, 15) is 10.1 Å². The van der Waals surface area contributed by atoms with Crippen LogP contribution < -0.4 is 0 Å². The van der Waals surface area contributed by atoms with Gasteiger partial charge in [-0.15, -0.1) is 0 Å². The standard InChI is InChI=1S/C9H6ClNO2Se/c1-14-5-4-7-6-8(11(12)13)2-3-9(7)10/h2-3,6H,1H3. The molecule has 1 aromatic carbocycles. The van der Waals surface area contributed by atoms with Crippen molar-refractivity contribution in [3.8, 4) is 10.7 Å². The Morgan fingerprint density at radius 1 is 1.57 bits per heavy atom. The molecule has 0 heterocycles. The van der Waals surface area contributed by atoms with Crippen LogP contribution in [0.15, 0.2) is 18.2 Å². The molecule has 1 rings (SSSR count).